The lowest BCUT2D eigenvalue weighted by Crippen LogP contribution is -2.48. The maximum absolute atomic E-state index is 12.2. The molecule has 1 aromatic rings. The summed E-state index contributed by atoms with van der Waals surface area (Å²) in [6.45, 7) is 8.84. The summed E-state index contributed by atoms with van der Waals surface area (Å²) >= 11 is 0. The number of nitrogens with one attached hydrogen (secondary N) is 2. The van der Waals surface area contributed by atoms with Crippen molar-refractivity contribution in [2.45, 2.75) is 58.6 Å². The number of anilines is 1. The predicted octanol–water partition coefficient (Wildman–Crippen LogP) is 3.12. The number of aryl methyl sites for hydroxylation is 1. The summed E-state index contributed by atoms with van der Waals surface area (Å²) in [5.74, 6) is 0.694. The highest BCUT2D eigenvalue weighted by atomic mass is 16.5. The Labute approximate surface area is 127 Å². The molecule has 1 unspecified atom stereocenters. The van der Waals surface area contributed by atoms with Crippen molar-refractivity contribution >= 4 is 11.6 Å². The highest BCUT2D eigenvalue weighted by Gasteiger charge is 2.24. The average molecular weight is 290 g/mol. The van der Waals surface area contributed by atoms with Gasteiger partial charge in [-0.05, 0) is 51.7 Å². The largest absolute Gasteiger partial charge is 0.479 e. The molecule has 1 heterocycles. The van der Waals surface area contributed by atoms with Crippen molar-refractivity contribution in [3.63, 3.8) is 0 Å². The van der Waals surface area contributed by atoms with Gasteiger partial charge in [0.15, 0.2) is 6.10 Å². The topological polar surface area (TPSA) is 50.4 Å². The van der Waals surface area contributed by atoms with E-state index in [-0.39, 0.29) is 11.4 Å². The molecule has 1 atom stereocenters. The van der Waals surface area contributed by atoms with Gasteiger partial charge in [-0.2, -0.15) is 0 Å². The zero-order valence-corrected chi connectivity index (χ0v) is 13.5. The van der Waals surface area contributed by atoms with Gasteiger partial charge >= 0.3 is 0 Å². The number of rotatable bonds is 5. The van der Waals surface area contributed by atoms with Crippen LogP contribution in [0.1, 0.15) is 46.1 Å². The van der Waals surface area contributed by atoms with Crippen molar-refractivity contribution in [2.24, 2.45) is 0 Å². The number of hydrogen-bond acceptors (Lipinski definition) is 3. The van der Waals surface area contributed by atoms with E-state index < -0.39 is 6.10 Å². The summed E-state index contributed by atoms with van der Waals surface area (Å²) < 4.78 is 5.89. The molecule has 4 heteroatoms. The average Bonchev–Trinajstić information content (AvgIpc) is 2.47. The van der Waals surface area contributed by atoms with E-state index in [0.29, 0.717) is 0 Å². The zero-order chi connectivity index (χ0) is 15.5. The number of benzene rings is 1. The molecule has 0 radical (unpaired) electrons. The summed E-state index contributed by atoms with van der Waals surface area (Å²) in [7, 11) is 0. The van der Waals surface area contributed by atoms with Crippen LogP contribution in [0.2, 0.25) is 0 Å². The van der Waals surface area contributed by atoms with Gasteiger partial charge in [-0.1, -0.05) is 19.1 Å². The molecule has 2 rings (SSSR count). The molecule has 0 aromatic heterocycles. The second kappa shape index (κ2) is 6.37. The molecule has 1 aromatic carbocycles. The molecule has 0 saturated carbocycles. The summed E-state index contributed by atoms with van der Waals surface area (Å²) in [6.07, 6.45) is 2.57. The molecular weight excluding hydrogens is 264 g/mol. The van der Waals surface area contributed by atoms with Gasteiger partial charge < -0.3 is 15.4 Å². The lowest BCUT2D eigenvalue weighted by molar-refractivity contribution is -0.128. The van der Waals surface area contributed by atoms with Crippen LogP contribution >= 0.6 is 0 Å². The van der Waals surface area contributed by atoms with Crippen LogP contribution in [-0.4, -0.2) is 24.1 Å². The number of amides is 1. The van der Waals surface area contributed by atoms with Crippen LogP contribution in [0.25, 0.3) is 0 Å². The first-order chi connectivity index (χ1) is 9.93. The van der Waals surface area contributed by atoms with Crippen LogP contribution in [0.4, 0.5) is 5.69 Å². The fourth-order valence-electron chi connectivity index (χ4n) is 2.34. The smallest absolute Gasteiger partial charge is 0.261 e. The molecule has 1 aliphatic heterocycles. The Bertz CT molecular complexity index is 512. The SMILES string of the molecule is CCC(C)(C)NC(=O)C(C)Oc1cccc2c1NCCC2. The first-order valence-corrected chi connectivity index (χ1v) is 7.77. The molecule has 0 spiro atoms. The van der Waals surface area contributed by atoms with Crippen LogP contribution in [-0.2, 0) is 11.2 Å². The number of para-hydroxylation sites is 1. The monoisotopic (exact) mass is 290 g/mol. The van der Waals surface area contributed by atoms with Crippen LogP contribution in [0.15, 0.2) is 18.2 Å². The van der Waals surface area contributed by atoms with Crippen molar-refractivity contribution in [1.29, 1.82) is 0 Å². The molecule has 21 heavy (non-hydrogen) atoms. The third kappa shape index (κ3) is 3.90. The van der Waals surface area contributed by atoms with Crippen molar-refractivity contribution in [1.82, 2.24) is 5.32 Å². The van der Waals surface area contributed by atoms with Crippen molar-refractivity contribution < 1.29 is 9.53 Å². The lowest BCUT2D eigenvalue weighted by atomic mass is 10.0. The quantitative estimate of drug-likeness (QED) is 0.876. The fourth-order valence-corrected chi connectivity index (χ4v) is 2.34. The van der Waals surface area contributed by atoms with Crippen LogP contribution < -0.4 is 15.4 Å². The molecule has 0 fully saturated rings. The van der Waals surface area contributed by atoms with E-state index in [1.807, 2.05) is 26.0 Å². The highest BCUT2D eigenvalue weighted by molar-refractivity contribution is 5.81. The molecule has 1 amide bonds. The molecule has 0 aliphatic carbocycles. The molecule has 116 valence electrons. The Morgan fingerprint density at radius 2 is 2.24 bits per heavy atom. The molecule has 1 aliphatic rings. The van der Waals surface area contributed by atoms with Gasteiger partial charge in [0.05, 0.1) is 5.69 Å². The highest BCUT2D eigenvalue weighted by Crippen LogP contribution is 2.32. The minimum atomic E-state index is -0.508. The Hall–Kier alpha value is -1.71. The van der Waals surface area contributed by atoms with Crippen LogP contribution in [0.5, 0.6) is 5.75 Å². The van der Waals surface area contributed by atoms with Gasteiger partial charge in [-0.15, -0.1) is 0 Å². The standard InChI is InChI=1S/C17H26N2O2/c1-5-17(3,4)19-16(20)12(2)21-14-10-6-8-13-9-7-11-18-15(13)14/h6,8,10,12,18H,5,7,9,11H2,1-4H3,(H,19,20). The van der Waals surface area contributed by atoms with Crippen molar-refractivity contribution in [3.8, 4) is 5.75 Å². The van der Waals surface area contributed by atoms with E-state index in [1.165, 1.54) is 5.56 Å². The van der Waals surface area contributed by atoms with Gasteiger partial charge in [-0.3, -0.25) is 4.79 Å². The van der Waals surface area contributed by atoms with Gasteiger partial charge in [0.1, 0.15) is 5.75 Å². The first-order valence-electron chi connectivity index (χ1n) is 7.77. The molecule has 4 nitrogen and oxygen atoms in total. The van der Waals surface area contributed by atoms with Gasteiger partial charge in [0.2, 0.25) is 0 Å². The lowest BCUT2D eigenvalue weighted by Gasteiger charge is -2.27. The van der Waals surface area contributed by atoms with Crippen molar-refractivity contribution in [2.75, 3.05) is 11.9 Å². The number of ether oxygens (including phenoxy) is 1. The second-order valence-corrected chi connectivity index (χ2v) is 6.31. The summed E-state index contributed by atoms with van der Waals surface area (Å²) in [6, 6.07) is 6.02. The van der Waals surface area contributed by atoms with E-state index in [9.17, 15) is 4.79 Å². The van der Waals surface area contributed by atoms with Crippen LogP contribution in [0, 0.1) is 0 Å². The van der Waals surface area contributed by atoms with E-state index >= 15 is 0 Å². The minimum Gasteiger partial charge on any atom is -0.479 e. The third-order valence-corrected chi connectivity index (χ3v) is 4.06. The zero-order valence-electron chi connectivity index (χ0n) is 13.5. The predicted molar refractivity (Wildman–Crippen MR) is 85.9 cm³/mol. The summed E-state index contributed by atoms with van der Waals surface area (Å²) in [5, 5.41) is 6.40. The molecule has 2 N–H and O–H groups in total. The number of carbonyl (C=O) groups excluding carboxylic acids is 1. The van der Waals surface area contributed by atoms with Gasteiger partial charge in [-0.25, -0.2) is 0 Å². The molecule has 0 saturated heterocycles. The van der Waals surface area contributed by atoms with Gasteiger partial charge in [0, 0.05) is 12.1 Å². The second-order valence-electron chi connectivity index (χ2n) is 6.31. The Morgan fingerprint density at radius 3 is 2.95 bits per heavy atom. The Morgan fingerprint density at radius 1 is 1.48 bits per heavy atom. The van der Waals surface area contributed by atoms with Gasteiger partial charge in [0.25, 0.3) is 5.91 Å². The summed E-state index contributed by atoms with van der Waals surface area (Å²) in [4.78, 5) is 12.2. The van der Waals surface area contributed by atoms with Crippen molar-refractivity contribution in [3.05, 3.63) is 23.8 Å². The third-order valence-electron chi connectivity index (χ3n) is 4.06. The van der Waals surface area contributed by atoms with E-state index in [0.717, 1.165) is 37.2 Å². The number of fused-ring (bicyclic) bond motifs is 1. The maximum Gasteiger partial charge on any atom is 0.261 e. The normalized spacial score (nSPS) is 15.6. The number of hydrogen-bond donors (Lipinski definition) is 2. The Kier molecular flexibility index (Phi) is 4.76. The summed E-state index contributed by atoms with van der Waals surface area (Å²) in [5.41, 5.74) is 2.10. The molecule has 0 bridgehead atoms. The number of carbonyl (C=O) groups is 1. The Balaban J connectivity index is 2.06. The maximum atomic E-state index is 12.2. The van der Waals surface area contributed by atoms with E-state index in [2.05, 4.69) is 23.6 Å². The van der Waals surface area contributed by atoms with E-state index in [1.54, 1.807) is 6.92 Å². The minimum absolute atomic E-state index is 0.0738. The first kappa shape index (κ1) is 15.7. The van der Waals surface area contributed by atoms with Crippen LogP contribution in [0.3, 0.4) is 0 Å². The fraction of sp³-hybridized carbons (Fsp3) is 0.588. The molecular formula is C17H26N2O2. The van der Waals surface area contributed by atoms with E-state index in [4.69, 9.17) is 4.74 Å².